The van der Waals surface area contributed by atoms with Crippen LogP contribution in [0.3, 0.4) is 0 Å². The van der Waals surface area contributed by atoms with Gasteiger partial charge in [-0.1, -0.05) is 19.8 Å². The van der Waals surface area contributed by atoms with Crippen molar-refractivity contribution < 1.29 is 28.9 Å². The standard InChI is InChI=1S/C19H28N2O6/c1-4-11-26-14-8-6-5-7-13(19(24)27-12(14)2)21-18(23)16-17(22)15(25-3)9-10-20-16/h9-10,12-14,22H,4-8,11H2,1-3H3,(H,21,23)/t12-,13-,14+/m0/s1. The number of nitrogens with zero attached hydrogens (tertiary/aromatic N) is 1. The molecule has 3 atom stereocenters. The number of carbonyl (C=O) groups excluding carboxylic acids is 2. The molecule has 1 aromatic heterocycles. The van der Waals surface area contributed by atoms with Crippen molar-refractivity contribution in [3.8, 4) is 11.5 Å². The highest BCUT2D eigenvalue weighted by Crippen LogP contribution is 2.27. The van der Waals surface area contributed by atoms with Crippen LogP contribution in [0.1, 0.15) is 56.4 Å². The number of amides is 1. The van der Waals surface area contributed by atoms with E-state index in [4.69, 9.17) is 14.2 Å². The first-order valence-electron chi connectivity index (χ1n) is 9.32. The van der Waals surface area contributed by atoms with Gasteiger partial charge in [0.1, 0.15) is 12.1 Å². The quantitative estimate of drug-likeness (QED) is 0.729. The number of methoxy groups -OCH3 is 1. The average molecular weight is 380 g/mol. The molecule has 2 heterocycles. The Morgan fingerprint density at radius 3 is 2.85 bits per heavy atom. The Morgan fingerprint density at radius 1 is 1.41 bits per heavy atom. The molecule has 0 radical (unpaired) electrons. The Kier molecular flexibility index (Phi) is 7.84. The summed E-state index contributed by atoms with van der Waals surface area (Å²) in [4.78, 5) is 28.9. The summed E-state index contributed by atoms with van der Waals surface area (Å²) in [7, 11) is 1.38. The second-order valence-electron chi connectivity index (χ2n) is 6.57. The molecule has 1 saturated heterocycles. The third-order valence-corrected chi connectivity index (χ3v) is 4.51. The maximum atomic E-state index is 12.5. The topological polar surface area (TPSA) is 107 Å². The minimum absolute atomic E-state index is 0.136. The molecule has 0 bridgehead atoms. The van der Waals surface area contributed by atoms with Gasteiger partial charge in [0.2, 0.25) is 0 Å². The zero-order valence-electron chi connectivity index (χ0n) is 16.1. The minimum Gasteiger partial charge on any atom is -0.503 e. The number of ether oxygens (including phenoxy) is 3. The lowest BCUT2D eigenvalue weighted by Crippen LogP contribution is -2.44. The summed E-state index contributed by atoms with van der Waals surface area (Å²) in [5.74, 6) is -1.39. The van der Waals surface area contributed by atoms with Crippen LogP contribution in [0, 0.1) is 0 Å². The van der Waals surface area contributed by atoms with Crippen molar-refractivity contribution in [3.63, 3.8) is 0 Å². The SMILES string of the molecule is CCCO[C@@H]1CCCC[C@H](NC(=O)c2nccc(OC)c2O)C(=O)O[C@H]1C. The molecule has 8 nitrogen and oxygen atoms in total. The fourth-order valence-electron chi connectivity index (χ4n) is 3.00. The number of aromatic nitrogens is 1. The predicted octanol–water partition coefficient (Wildman–Crippen LogP) is 2.20. The number of rotatable bonds is 6. The number of pyridine rings is 1. The maximum Gasteiger partial charge on any atom is 0.329 e. The van der Waals surface area contributed by atoms with Gasteiger partial charge in [0.15, 0.2) is 17.2 Å². The molecule has 2 rings (SSSR count). The summed E-state index contributed by atoms with van der Waals surface area (Å²) in [6.45, 7) is 4.45. The first-order valence-corrected chi connectivity index (χ1v) is 9.32. The lowest BCUT2D eigenvalue weighted by Gasteiger charge is -2.24. The van der Waals surface area contributed by atoms with Crippen molar-refractivity contribution in [1.29, 1.82) is 0 Å². The van der Waals surface area contributed by atoms with Gasteiger partial charge in [-0.25, -0.2) is 9.78 Å². The van der Waals surface area contributed by atoms with Gasteiger partial charge in [-0.15, -0.1) is 0 Å². The van der Waals surface area contributed by atoms with Crippen molar-refractivity contribution in [2.45, 2.75) is 64.2 Å². The molecule has 0 unspecified atom stereocenters. The van der Waals surface area contributed by atoms with E-state index < -0.39 is 24.0 Å². The normalized spacial score (nSPS) is 23.5. The van der Waals surface area contributed by atoms with Crippen molar-refractivity contribution in [2.24, 2.45) is 0 Å². The van der Waals surface area contributed by atoms with E-state index in [1.54, 1.807) is 6.92 Å². The summed E-state index contributed by atoms with van der Waals surface area (Å²) < 4.78 is 16.3. The number of cyclic esters (lactones) is 1. The molecule has 1 amide bonds. The highest BCUT2D eigenvalue weighted by atomic mass is 16.6. The number of carbonyl (C=O) groups is 2. The summed E-state index contributed by atoms with van der Waals surface area (Å²) in [6, 6.07) is 0.635. The van der Waals surface area contributed by atoms with Crippen LogP contribution in [0.5, 0.6) is 11.5 Å². The second-order valence-corrected chi connectivity index (χ2v) is 6.57. The first-order chi connectivity index (χ1) is 13.0. The van der Waals surface area contributed by atoms with Crippen LogP contribution in [0.25, 0.3) is 0 Å². The number of aromatic hydroxyl groups is 1. The van der Waals surface area contributed by atoms with Crippen molar-refractivity contribution in [2.75, 3.05) is 13.7 Å². The Balaban J connectivity index is 2.07. The Morgan fingerprint density at radius 2 is 2.15 bits per heavy atom. The van der Waals surface area contributed by atoms with Gasteiger partial charge in [-0.05, 0) is 26.2 Å². The van der Waals surface area contributed by atoms with Gasteiger partial charge in [-0.3, -0.25) is 4.79 Å². The van der Waals surface area contributed by atoms with Crippen LogP contribution in [0.4, 0.5) is 0 Å². The predicted molar refractivity (Wildman–Crippen MR) is 97.8 cm³/mol. The number of hydrogen-bond donors (Lipinski definition) is 2. The van der Waals surface area contributed by atoms with Gasteiger partial charge < -0.3 is 24.6 Å². The van der Waals surface area contributed by atoms with Crippen molar-refractivity contribution >= 4 is 11.9 Å². The average Bonchev–Trinajstić information content (AvgIpc) is 2.71. The van der Waals surface area contributed by atoms with E-state index in [1.807, 2.05) is 6.92 Å². The summed E-state index contributed by atoms with van der Waals surface area (Å²) >= 11 is 0. The third kappa shape index (κ3) is 5.56. The van der Waals surface area contributed by atoms with E-state index in [0.717, 1.165) is 25.7 Å². The highest BCUT2D eigenvalue weighted by Gasteiger charge is 2.30. The molecule has 27 heavy (non-hydrogen) atoms. The smallest absolute Gasteiger partial charge is 0.329 e. The lowest BCUT2D eigenvalue weighted by atomic mass is 10.0. The molecule has 1 aliphatic heterocycles. The number of hydrogen-bond acceptors (Lipinski definition) is 7. The van der Waals surface area contributed by atoms with Crippen molar-refractivity contribution in [1.82, 2.24) is 10.3 Å². The summed E-state index contributed by atoms with van der Waals surface area (Å²) in [5.41, 5.74) is -0.195. The van der Waals surface area contributed by atoms with Crippen LogP contribution in [-0.2, 0) is 14.3 Å². The largest absolute Gasteiger partial charge is 0.503 e. The van der Waals surface area contributed by atoms with Gasteiger partial charge in [-0.2, -0.15) is 0 Å². The number of esters is 1. The Bertz CT molecular complexity index is 651. The molecule has 2 N–H and O–H groups in total. The minimum atomic E-state index is -0.808. The lowest BCUT2D eigenvalue weighted by molar-refractivity contribution is -0.158. The molecule has 1 aliphatic rings. The van der Waals surface area contributed by atoms with Gasteiger partial charge >= 0.3 is 5.97 Å². The van der Waals surface area contributed by atoms with E-state index in [0.29, 0.717) is 13.0 Å². The van der Waals surface area contributed by atoms with E-state index in [1.165, 1.54) is 19.4 Å². The van der Waals surface area contributed by atoms with Gasteiger partial charge in [0, 0.05) is 18.9 Å². The maximum absolute atomic E-state index is 12.5. The van der Waals surface area contributed by atoms with Crippen molar-refractivity contribution in [3.05, 3.63) is 18.0 Å². The molecule has 0 spiro atoms. The van der Waals surface area contributed by atoms with E-state index >= 15 is 0 Å². The Hall–Kier alpha value is -2.35. The molecule has 0 aliphatic carbocycles. The fraction of sp³-hybridized carbons (Fsp3) is 0.632. The van der Waals surface area contributed by atoms with E-state index in [2.05, 4.69) is 10.3 Å². The van der Waals surface area contributed by atoms with Gasteiger partial charge in [0.25, 0.3) is 5.91 Å². The monoisotopic (exact) mass is 380 g/mol. The van der Waals surface area contributed by atoms with Gasteiger partial charge in [0.05, 0.1) is 13.2 Å². The zero-order valence-corrected chi connectivity index (χ0v) is 16.1. The van der Waals surface area contributed by atoms with E-state index in [-0.39, 0.29) is 23.3 Å². The molecule has 0 saturated carbocycles. The second kappa shape index (κ2) is 10.1. The molecule has 8 heteroatoms. The Labute approximate surface area is 159 Å². The van der Waals surface area contributed by atoms with Crippen LogP contribution in [-0.4, -0.2) is 53.9 Å². The van der Waals surface area contributed by atoms with Crippen LogP contribution in [0.15, 0.2) is 12.3 Å². The van der Waals surface area contributed by atoms with E-state index in [9.17, 15) is 14.7 Å². The summed E-state index contributed by atoms with van der Waals surface area (Å²) in [5, 5.41) is 12.7. The summed E-state index contributed by atoms with van der Waals surface area (Å²) in [6.07, 6.45) is 4.56. The highest BCUT2D eigenvalue weighted by molar-refractivity contribution is 5.97. The van der Waals surface area contributed by atoms with Crippen LogP contribution >= 0.6 is 0 Å². The molecule has 150 valence electrons. The fourth-order valence-corrected chi connectivity index (χ4v) is 3.00. The molecule has 1 aromatic rings. The number of nitrogens with one attached hydrogen (secondary N) is 1. The van der Waals surface area contributed by atoms with Crippen LogP contribution in [0.2, 0.25) is 0 Å². The molecular formula is C19H28N2O6. The molecule has 1 fully saturated rings. The zero-order chi connectivity index (χ0) is 19.8. The third-order valence-electron chi connectivity index (χ3n) is 4.51. The molecule has 0 aromatic carbocycles. The first kappa shape index (κ1) is 21.0. The molecular weight excluding hydrogens is 352 g/mol. The van der Waals surface area contributed by atoms with Crippen LogP contribution < -0.4 is 10.1 Å².